The standard InChI is InChI=1S/C19H18N6O2/c1-13(23-27-10-9-26)16-6-7-18-19(21-16)25(24-22-18)12-14-4-5-17-15(11-14)3-2-8-20-17/h2-8,11,26H,9-10,12H2,1H3/b23-13+. The maximum absolute atomic E-state index is 8.77. The van der Waals surface area contributed by atoms with Crippen LogP contribution in [-0.2, 0) is 11.4 Å². The summed E-state index contributed by atoms with van der Waals surface area (Å²) in [6.07, 6.45) is 1.78. The highest BCUT2D eigenvalue weighted by molar-refractivity contribution is 5.97. The molecule has 0 atom stereocenters. The van der Waals surface area contributed by atoms with Crippen molar-refractivity contribution >= 4 is 27.8 Å². The van der Waals surface area contributed by atoms with Crippen molar-refractivity contribution in [1.29, 1.82) is 0 Å². The first-order valence-electron chi connectivity index (χ1n) is 8.56. The van der Waals surface area contributed by atoms with Crippen LogP contribution in [0, 0.1) is 0 Å². The molecule has 8 heteroatoms. The van der Waals surface area contributed by atoms with Gasteiger partial charge in [-0.05, 0) is 42.8 Å². The molecule has 0 amide bonds. The predicted octanol–water partition coefficient (Wildman–Crippen LogP) is 2.16. The lowest BCUT2D eigenvalue weighted by Crippen LogP contribution is -2.06. The predicted molar refractivity (Wildman–Crippen MR) is 101 cm³/mol. The Bertz CT molecular complexity index is 1120. The fourth-order valence-electron chi connectivity index (χ4n) is 2.79. The minimum atomic E-state index is -0.0821. The maximum Gasteiger partial charge on any atom is 0.179 e. The van der Waals surface area contributed by atoms with Gasteiger partial charge in [0.15, 0.2) is 5.65 Å². The second kappa shape index (κ2) is 7.46. The number of rotatable bonds is 6. The number of aromatic nitrogens is 5. The van der Waals surface area contributed by atoms with E-state index in [9.17, 15) is 0 Å². The monoisotopic (exact) mass is 362 g/mol. The molecule has 1 aromatic carbocycles. The molecular formula is C19H18N6O2. The van der Waals surface area contributed by atoms with Gasteiger partial charge in [-0.15, -0.1) is 5.10 Å². The number of aliphatic hydroxyl groups excluding tert-OH is 1. The van der Waals surface area contributed by atoms with E-state index in [2.05, 4.69) is 31.5 Å². The normalized spacial score (nSPS) is 12.0. The molecule has 0 spiro atoms. The largest absolute Gasteiger partial charge is 0.393 e. The van der Waals surface area contributed by atoms with E-state index >= 15 is 0 Å². The van der Waals surface area contributed by atoms with Gasteiger partial charge in [-0.3, -0.25) is 4.98 Å². The average Bonchev–Trinajstić information content (AvgIpc) is 3.10. The van der Waals surface area contributed by atoms with Gasteiger partial charge in [-0.2, -0.15) is 0 Å². The molecule has 0 unspecified atom stereocenters. The Kier molecular flexibility index (Phi) is 4.71. The fourth-order valence-corrected chi connectivity index (χ4v) is 2.79. The SMILES string of the molecule is C/C(=N\OCCO)c1ccc2nnn(Cc3ccc4ncccc4c3)c2n1. The molecule has 0 radical (unpaired) electrons. The molecule has 0 saturated heterocycles. The van der Waals surface area contributed by atoms with Gasteiger partial charge < -0.3 is 9.94 Å². The Morgan fingerprint density at radius 1 is 1.19 bits per heavy atom. The zero-order valence-electron chi connectivity index (χ0n) is 14.8. The van der Waals surface area contributed by atoms with Gasteiger partial charge in [0.05, 0.1) is 24.4 Å². The van der Waals surface area contributed by atoms with Crippen molar-refractivity contribution in [3.05, 3.63) is 59.9 Å². The van der Waals surface area contributed by atoms with Crippen molar-refractivity contribution in [2.45, 2.75) is 13.5 Å². The summed E-state index contributed by atoms with van der Waals surface area (Å²) in [5, 5.41) is 22.2. The second-order valence-electron chi connectivity index (χ2n) is 6.05. The molecule has 3 aromatic heterocycles. The van der Waals surface area contributed by atoms with Crippen LogP contribution in [0.4, 0.5) is 0 Å². The van der Waals surface area contributed by atoms with Crippen LogP contribution >= 0.6 is 0 Å². The topological polar surface area (TPSA) is 98.3 Å². The van der Waals surface area contributed by atoms with Gasteiger partial charge in [-0.1, -0.05) is 22.5 Å². The molecule has 1 N–H and O–H groups in total. The summed E-state index contributed by atoms with van der Waals surface area (Å²) >= 11 is 0. The third-order valence-corrected chi connectivity index (χ3v) is 4.11. The van der Waals surface area contributed by atoms with Gasteiger partial charge in [0.25, 0.3) is 0 Å². The molecule has 0 aliphatic rings. The fraction of sp³-hybridized carbons (Fsp3) is 0.211. The molecule has 4 aromatic rings. The number of pyridine rings is 2. The summed E-state index contributed by atoms with van der Waals surface area (Å²) in [7, 11) is 0. The van der Waals surface area contributed by atoms with Crippen LogP contribution in [0.1, 0.15) is 18.2 Å². The number of oxime groups is 1. The number of hydrogen-bond donors (Lipinski definition) is 1. The Balaban J connectivity index is 1.65. The molecule has 0 aliphatic heterocycles. The van der Waals surface area contributed by atoms with Crippen LogP contribution in [0.15, 0.2) is 53.8 Å². The van der Waals surface area contributed by atoms with Crippen molar-refractivity contribution in [2.24, 2.45) is 5.16 Å². The number of benzene rings is 1. The van der Waals surface area contributed by atoms with E-state index in [0.717, 1.165) is 16.5 Å². The molecular weight excluding hydrogens is 344 g/mol. The van der Waals surface area contributed by atoms with Crippen LogP contribution in [0.5, 0.6) is 0 Å². The lowest BCUT2D eigenvalue weighted by Gasteiger charge is -2.05. The number of nitrogens with zero attached hydrogens (tertiary/aromatic N) is 6. The molecule has 3 heterocycles. The third kappa shape index (κ3) is 3.61. The van der Waals surface area contributed by atoms with Gasteiger partial charge in [0, 0.05) is 11.6 Å². The zero-order valence-corrected chi connectivity index (χ0v) is 14.8. The molecule has 0 fully saturated rings. The van der Waals surface area contributed by atoms with E-state index in [4.69, 9.17) is 9.94 Å². The minimum Gasteiger partial charge on any atom is -0.393 e. The van der Waals surface area contributed by atoms with E-state index in [1.54, 1.807) is 17.8 Å². The molecule has 4 rings (SSSR count). The zero-order chi connectivity index (χ0) is 18.6. The summed E-state index contributed by atoms with van der Waals surface area (Å²) in [5.41, 5.74) is 4.73. The minimum absolute atomic E-state index is 0.0821. The third-order valence-electron chi connectivity index (χ3n) is 4.11. The van der Waals surface area contributed by atoms with Crippen molar-refractivity contribution < 1.29 is 9.94 Å². The van der Waals surface area contributed by atoms with Gasteiger partial charge in [0.2, 0.25) is 0 Å². The Morgan fingerprint density at radius 3 is 2.96 bits per heavy atom. The van der Waals surface area contributed by atoms with Gasteiger partial charge >= 0.3 is 0 Å². The number of aliphatic hydroxyl groups is 1. The van der Waals surface area contributed by atoms with Crippen molar-refractivity contribution in [3.8, 4) is 0 Å². The van der Waals surface area contributed by atoms with E-state index < -0.39 is 0 Å². The van der Waals surface area contributed by atoms with Crippen LogP contribution in [0.25, 0.3) is 22.1 Å². The van der Waals surface area contributed by atoms with Crippen LogP contribution in [-0.4, -0.2) is 49.0 Å². The smallest absolute Gasteiger partial charge is 0.179 e. The lowest BCUT2D eigenvalue weighted by molar-refractivity contribution is 0.0986. The molecule has 8 nitrogen and oxygen atoms in total. The highest BCUT2D eigenvalue weighted by Crippen LogP contribution is 2.16. The summed E-state index contributed by atoms with van der Waals surface area (Å²) < 4.78 is 1.76. The summed E-state index contributed by atoms with van der Waals surface area (Å²) in [4.78, 5) is 14.0. The highest BCUT2D eigenvalue weighted by atomic mass is 16.6. The van der Waals surface area contributed by atoms with Crippen molar-refractivity contribution in [1.82, 2.24) is 25.0 Å². The average molecular weight is 362 g/mol. The van der Waals surface area contributed by atoms with Crippen LogP contribution in [0.3, 0.4) is 0 Å². The van der Waals surface area contributed by atoms with Crippen molar-refractivity contribution in [3.63, 3.8) is 0 Å². The first-order valence-corrected chi connectivity index (χ1v) is 8.56. The molecule has 0 saturated carbocycles. The highest BCUT2D eigenvalue weighted by Gasteiger charge is 2.10. The molecule has 136 valence electrons. The molecule has 27 heavy (non-hydrogen) atoms. The quantitative estimate of drug-likeness (QED) is 0.321. The Morgan fingerprint density at radius 2 is 2.07 bits per heavy atom. The van der Waals surface area contributed by atoms with E-state index in [-0.39, 0.29) is 13.2 Å². The first-order chi connectivity index (χ1) is 13.2. The Labute approximate surface area is 155 Å². The molecule has 0 aliphatic carbocycles. The van der Waals surface area contributed by atoms with E-state index in [1.165, 1.54) is 0 Å². The summed E-state index contributed by atoms with van der Waals surface area (Å²) in [5.74, 6) is 0. The Hall–Kier alpha value is -3.39. The first kappa shape index (κ1) is 17.0. The van der Waals surface area contributed by atoms with E-state index in [0.29, 0.717) is 29.1 Å². The lowest BCUT2D eigenvalue weighted by atomic mass is 10.1. The van der Waals surface area contributed by atoms with Crippen LogP contribution < -0.4 is 0 Å². The maximum atomic E-state index is 8.77. The number of fused-ring (bicyclic) bond motifs is 2. The van der Waals surface area contributed by atoms with Crippen molar-refractivity contribution in [2.75, 3.05) is 13.2 Å². The van der Waals surface area contributed by atoms with E-state index in [1.807, 2.05) is 36.4 Å². The van der Waals surface area contributed by atoms with Crippen LogP contribution in [0.2, 0.25) is 0 Å². The van der Waals surface area contributed by atoms with Gasteiger partial charge in [0.1, 0.15) is 17.8 Å². The molecule has 0 bridgehead atoms. The van der Waals surface area contributed by atoms with Gasteiger partial charge in [-0.25, -0.2) is 9.67 Å². The summed E-state index contributed by atoms with van der Waals surface area (Å²) in [6.45, 7) is 2.42. The second-order valence-corrected chi connectivity index (χ2v) is 6.05. The summed E-state index contributed by atoms with van der Waals surface area (Å²) in [6, 6.07) is 13.8. The number of hydrogen-bond acceptors (Lipinski definition) is 7.